The molecule has 0 fully saturated rings. The third-order valence-electron chi connectivity index (χ3n) is 2.06. The molecule has 0 aromatic rings. The number of carbonyl (C=O) groups is 1. The average molecular weight is 241 g/mol. The van der Waals surface area contributed by atoms with Gasteiger partial charge in [-0.25, -0.2) is 5.84 Å². The monoisotopic (exact) mass is 241 g/mol. The van der Waals surface area contributed by atoms with Crippen molar-refractivity contribution in [2.24, 2.45) is 11.8 Å². The molecule has 0 heterocycles. The van der Waals surface area contributed by atoms with E-state index in [1.165, 1.54) is 4.90 Å². The highest BCUT2D eigenvalue weighted by atomic mass is 19.4. The first-order chi connectivity index (χ1) is 7.30. The lowest BCUT2D eigenvalue weighted by Gasteiger charge is -2.25. The smallest absolute Gasteiger partial charge is 0.294 e. The fourth-order valence-electron chi connectivity index (χ4n) is 1.42. The molecule has 0 aromatic carbocycles. The van der Waals surface area contributed by atoms with Crippen LogP contribution in [-0.2, 0) is 4.79 Å². The molecule has 1 unspecified atom stereocenters. The van der Waals surface area contributed by atoms with Crippen LogP contribution in [-0.4, -0.2) is 36.6 Å². The molecule has 0 aromatic heterocycles. The summed E-state index contributed by atoms with van der Waals surface area (Å²) in [6.07, 6.45) is -3.64. The van der Waals surface area contributed by atoms with Crippen LogP contribution in [0.1, 0.15) is 20.3 Å². The largest absolute Gasteiger partial charge is 0.401 e. The number of amides is 1. The van der Waals surface area contributed by atoms with E-state index in [4.69, 9.17) is 5.84 Å². The second-order valence-corrected chi connectivity index (χ2v) is 3.76. The van der Waals surface area contributed by atoms with E-state index in [-0.39, 0.29) is 6.54 Å². The molecule has 4 nitrogen and oxygen atoms in total. The van der Waals surface area contributed by atoms with Gasteiger partial charge < -0.3 is 0 Å². The van der Waals surface area contributed by atoms with Crippen LogP contribution in [0.25, 0.3) is 0 Å². The summed E-state index contributed by atoms with van der Waals surface area (Å²) in [7, 11) is 0. The maximum atomic E-state index is 12.2. The molecule has 0 aliphatic heterocycles. The topological polar surface area (TPSA) is 58.4 Å². The molecule has 0 saturated carbocycles. The highest BCUT2D eigenvalue weighted by Gasteiger charge is 2.31. The predicted octanol–water partition coefficient (Wildman–Crippen LogP) is 0.887. The second-order valence-electron chi connectivity index (χ2n) is 3.76. The Morgan fingerprint density at radius 3 is 2.44 bits per heavy atom. The molecule has 0 aliphatic carbocycles. The van der Waals surface area contributed by atoms with Gasteiger partial charge in [0.25, 0.3) is 0 Å². The van der Waals surface area contributed by atoms with Gasteiger partial charge in [0.2, 0.25) is 5.91 Å². The van der Waals surface area contributed by atoms with Gasteiger partial charge in [-0.3, -0.25) is 15.1 Å². The number of hydrazine groups is 1. The molecule has 7 heteroatoms. The molecular formula is C9H18F3N3O. The van der Waals surface area contributed by atoms with Crippen molar-refractivity contribution in [3.05, 3.63) is 0 Å². The second kappa shape index (κ2) is 6.70. The SMILES string of the molecule is CCCN(CC(C)C(=O)NN)CC(F)(F)F. The van der Waals surface area contributed by atoms with Gasteiger partial charge in [-0.1, -0.05) is 13.8 Å². The molecule has 16 heavy (non-hydrogen) atoms. The molecule has 0 bridgehead atoms. The molecular weight excluding hydrogens is 223 g/mol. The van der Waals surface area contributed by atoms with Gasteiger partial charge in [0.1, 0.15) is 0 Å². The lowest BCUT2D eigenvalue weighted by Crippen LogP contribution is -2.43. The molecule has 1 atom stereocenters. The summed E-state index contributed by atoms with van der Waals surface area (Å²) in [4.78, 5) is 12.3. The molecule has 0 radical (unpaired) electrons. The molecule has 3 N–H and O–H groups in total. The average Bonchev–Trinajstić information content (AvgIpc) is 2.14. The molecule has 0 aliphatic rings. The first kappa shape index (κ1) is 15.2. The van der Waals surface area contributed by atoms with Crippen molar-refractivity contribution in [1.29, 1.82) is 0 Å². The van der Waals surface area contributed by atoms with Crippen LogP contribution in [0.15, 0.2) is 0 Å². The highest BCUT2D eigenvalue weighted by molar-refractivity contribution is 5.77. The maximum Gasteiger partial charge on any atom is 0.401 e. The van der Waals surface area contributed by atoms with Crippen LogP contribution in [0.2, 0.25) is 0 Å². The van der Waals surface area contributed by atoms with E-state index in [2.05, 4.69) is 0 Å². The molecule has 0 saturated heterocycles. The summed E-state index contributed by atoms with van der Waals surface area (Å²) in [5.41, 5.74) is 1.93. The fraction of sp³-hybridized carbons (Fsp3) is 0.889. The van der Waals surface area contributed by atoms with Gasteiger partial charge >= 0.3 is 6.18 Å². The Labute approximate surface area is 92.9 Å². The van der Waals surface area contributed by atoms with Crippen molar-refractivity contribution in [2.45, 2.75) is 26.4 Å². The van der Waals surface area contributed by atoms with Crippen LogP contribution in [0.5, 0.6) is 0 Å². The zero-order valence-corrected chi connectivity index (χ0v) is 9.47. The van der Waals surface area contributed by atoms with E-state index in [1.54, 1.807) is 13.8 Å². The number of carbonyl (C=O) groups excluding carboxylic acids is 1. The molecule has 96 valence electrons. The lowest BCUT2D eigenvalue weighted by molar-refractivity contribution is -0.149. The predicted molar refractivity (Wildman–Crippen MR) is 54.3 cm³/mol. The maximum absolute atomic E-state index is 12.2. The van der Waals surface area contributed by atoms with Crippen molar-refractivity contribution in [3.63, 3.8) is 0 Å². The normalized spacial score (nSPS) is 13.9. The Kier molecular flexibility index (Phi) is 6.35. The fourth-order valence-corrected chi connectivity index (χ4v) is 1.42. The van der Waals surface area contributed by atoms with Gasteiger partial charge in [-0.05, 0) is 13.0 Å². The van der Waals surface area contributed by atoms with Crippen LogP contribution >= 0.6 is 0 Å². The number of hydrogen-bond donors (Lipinski definition) is 2. The van der Waals surface area contributed by atoms with Gasteiger partial charge in [0.05, 0.1) is 6.54 Å². The Morgan fingerprint density at radius 1 is 1.50 bits per heavy atom. The molecule has 1 amide bonds. The first-order valence-corrected chi connectivity index (χ1v) is 5.09. The van der Waals surface area contributed by atoms with Gasteiger partial charge in [0.15, 0.2) is 0 Å². The van der Waals surface area contributed by atoms with E-state index in [0.717, 1.165) is 0 Å². The van der Waals surface area contributed by atoms with E-state index in [1.807, 2.05) is 5.43 Å². The Hall–Kier alpha value is -0.820. The summed E-state index contributed by atoms with van der Waals surface area (Å²) in [5.74, 6) is 3.90. The van der Waals surface area contributed by atoms with Crippen molar-refractivity contribution in [2.75, 3.05) is 19.6 Å². The summed E-state index contributed by atoms with van der Waals surface area (Å²) in [6, 6.07) is 0. The number of halogens is 3. The van der Waals surface area contributed by atoms with Crippen LogP contribution in [0.4, 0.5) is 13.2 Å². The minimum Gasteiger partial charge on any atom is -0.294 e. The first-order valence-electron chi connectivity index (χ1n) is 5.09. The highest BCUT2D eigenvalue weighted by Crippen LogP contribution is 2.17. The van der Waals surface area contributed by atoms with E-state index in [0.29, 0.717) is 13.0 Å². The van der Waals surface area contributed by atoms with E-state index in [9.17, 15) is 18.0 Å². The van der Waals surface area contributed by atoms with Crippen LogP contribution in [0.3, 0.4) is 0 Å². The van der Waals surface area contributed by atoms with E-state index < -0.39 is 24.5 Å². The number of nitrogens with two attached hydrogens (primary N) is 1. The number of rotatable bonds is 6. The summed E-state index contributed by atoms with van der Waals surface area (Å²) in [6.45, 7) is 2.69. The van der Waals surface area contributed by atoms with E-state index >= 15 is 0 Å². The number of nitrogens with zero attached hydrogens (tertiary/aromatic N) is 1. The molecule has 0 rings (SSSR count). The Morgan fingerprint density at radius 2 is 2.06 bits per heavy atom. The zero-order chi connectivity index (χ0) is 12.8. The number of nitrogens with one attached hydrogen (secondary N) is 1. The third-order valence-corrected chi connectivity index (χ3v) is 2.06. The van der Waals surface area contributed by atoms with Crippen molar-refractivity contribution in [3.8, 4) is 0 Å². The summed E-state index contributed by atoms with van der Waals surface area (Å²) in [5, 5.41) is 0. The summed E-state index contributed by atoms with van der Waals surface area (Å²) >= 11 is 0. The van der Waals surface area contributed by atoms with Gasteiger partial charge in [0, 0.05) is 12.5 Å². The Bertz CT molecular complexity index is 221. The van der Waals surface area contributed by atoms with Crippen molar-refractivity contribution in [1.82, 2.24) is 10.3 Å². The van der Waals surface area contributed by atoms with Gasteiger partial charge in [-0.15, -0.1) is 0 Å². The van der Waals surface area contributed by atoms with Crippen LogP contribution in [0, 0.1) is 5.92 Å². The number of hydrogen-bond acceptors (Lipinski definition) is 3. The summed E-state index contributed by atoms with van der Waals surface area (Å²) < 4.78 is 36.6. The van der Waals surface area contributed by atoms with Crippen molar-refractivity contribution < 1.29 is 18.0 Å². The minimum absolute atomic E-state index is 0.0520. The van der Waals surface area contributed by atoms with Crippen molar-refractivity contribution >= 4 is 5.91 Å². The minimum atomic E-state index is -4.24. The number of alkyl halides is 3. The lowest BCUT2D eigenvalue weighted by atomic mass is 10.1. The third kappa shape index (κ3) is 6.62. The zero-order valence-electron chi connectivity index (χ0n) is 9.47. The Balaban J connectivity index is 4.27. The quantitative estimate of drug-likeness (QED) is 0.412. The molecule has 0 spiro atoms. The standard InChI is InChI=1S/C9H18F3N3O/c1-3-4-15(6-9(10,11)12)5-7(2)8(16)14-13/h7H,3-6,13H2,1-2H3,(H,14,16). The van der Waals surface area contributed by atoms with Crippen LogP contribution < -0.4 is 11.3 Å². The van der Waals surface area contributed by atoms with Gasteiger partial charge in [-0.2, -0.15) is 13.2 Å².